The Hall–Kier alpha value is -2.63. The van der Waals surface area contributed by atoms with E-state index in [0.29, 0.717) is 5.69 Å². The zero-order valence-corrected chi connectivity index (χ0v) is 11.7. The Labute approximate surface area is 121 Å². The number of hydrogen-bond donors (Lipinski definition) is 2. The first-order valence-corrected chi connectivity index (χ1v) is 6.55. The highest BCUT2D eigenvalue weighted by Gasteiger charge is 2.23. The van der Waals surface area contributed by atoms with Crippen LogP contribution in [0.1, 0.15) is 24.4 Å². The molecule has 110 valence electrons. The lowest BCUT2D eigenvalue weighted by molar-refractivity contribution is -0.141. The van der Waals surface area contributed by atoms with Crippen molar-refractivity contribution >= 4 is 11.9 Å². The van der Waals surface area contributed by atoms with Crippen molar-refractivity contribution in [3.05, 3.63) is 42.2 Å². The van der Waals surface area contributed by atoms with Crippen LogP contribution in [0.4, 0.5) is 0 Å². The van der Waals surface area contributed by atoms with E-state index in [-0.39, 0.29) is 5.76 Å². The Morgan fingerprint density at radius 2 is 1.90 bits per heavy atom. The third-order valence-corrected chi connectivity index (χ3v) is 3.30. The molecule has 0 saturated carbocycles. The first-order chi connectivity index (χ1) is 9.99. The molecule has 2 atom stereocenters. The number of benzene rings is 1. The molecule has 1 aromatic carbocycles. The molecule has 0 spiro atoms. The average molecular weight is 288 g/mol. The van der Waals surface area contributed by atoms with Gasteiger partial charge in [-0.3, -0.25) is 9.59 Å². The van der Waals surface area contributed by atoms with Crippen molar-refractivity contribution in [3.63, 3.8) is 0 Å². The van der Waals surface area contributed by atoms with Gasteiger partial charge in [-0.1, -0.05) is 35.5 Å². The maximum atomic E-state index is 12.0. The van der Waals surface area contributed by atoms with Crippen molar-refractivity contribution in [2.75, 3.05) is 0 Å². The quantitative estimate of drug-likeness (QED) is 0.879. The molecule has 0 radical (unpaired) electrons. The first kappa shape index (κ1) is 14.8. The molecule has 1 amide bonds. The minimum Gasteiger partial charge on any atom is -0.481 e. The highest BCUT2D eigenvalue weighted by Crippen LogP contribution is 2.18. The third kappa shape index (κ3) is 3.47. The van der Waals surface area contributed by atoms with E-state index in [2.05, 4.69) is 10.5 Å². The van der Waals surface area contributed by atoms with Gasteiger partial charge < -0.3 is 14.9 Å². The largest absolute Gasteiger partial charge is 0.481 e. The molecule has 2 rings (SSSR count). The molecule has 2 unspecified atom stereocenters. The third-order valence-electron chi connectivity index (χ3n) is 3.30. The second-order valence-corrected chi connectivity index (χ2v) is 4.83. The lowest BCUT2D eigenvalue weighted by Gasteiger charge is -2.16. The normalized spacial score (nSPS) is 13.4. The van der Waals surface area contributed by atoms with Crippen LogP contribution < -0.4 is 5.32 Å². The summed E-state index contributed by atoms with van der Waals surface area (Å²) in [6.07, 6.45) is 0. The second-order valence-electron chi connectivity index (χ2n) is 4.83. The summed E-state index contributed by atoms with van der Waals surface area (Å²) in [5.41, 5.74) is 1.40. The van der Waals surface area contributed by atoms with Crippen LogP contribution in [0, 0.1) is 5.92 Å². The van der Waals surface area contributed by atoms with Crippen molar-refractivity contribution in [3.8, 4) is 11.3 Å². The molecule has 0 saturated heterocycles. The predicted octanol–water partition coefficient (Wildman–Crippen LogP) is 2.18. The zero-order chi connectivity index (χ0) is 15.4. The van der Waals surface area contributed by atoms with Gasteiger partial charge in [-0.2, -0.15) is 0 Å². The van der Waals surface area contributed by atoms with E-state index in [1.54, 1.807) is 6.92 Å². The topological polar surface area (TPSA) is 92.4 Å². The van der Waals surface area contributed by atoms with Gasteiger partial charge in [0.25, 0.3) is 5.91 Å². The smallest absolute Gasteiger partial charge is 0.308 e. The highest BCUT2D eigenvalue weighted by molar-refractivity contribution is 5.92. The number of aliphatic carboxylic acids is 1. The molecule has 0 bridgehead atoms. The summed E-state index contributed by atoms with van der Waals surface area (Å²) < 4.78 is 5.01. The fraction of sp³-hybridized carbons (Fsp3) is 0.267. The van der Waals surface area contributed by atoms with Crippen LogP contribution in [0.15, 0.2) is 40.9 Å². The van der Waals surface area contributed by atoms with Crippen molar-refractivity contribution in [2.24, 2.45) is 5.92 Å². The molecule has 0 aliphatic carbocycles. The monoisotopic (exact) mass is 288 g/mol. The summed E-state index contributed by atoms with van der Waals surface area (Å²) in [6, 6.07) is 10.3. The minimum atomic E-state index is -0.967. The summed E-state index contributed by atoms with van der Waals surface area (Å²) in [7, 11) is 0. The molecular weight excluding hydrogens is 272 g/mol. The zero-order valence-electron chi connectivity index (χ0n) is 11.7. The van der Waals surface area contributed by atoms with Crippen molar-refractivity contribution in [2.45, 2.75) is 19.9 Å². The first-order valence-electron chi connectivity index (χ1n) is 6.55. The second kappa shape index (κ2) is 6.21. The van der Waals surface area contributed by atoms with Gasteiger partial charge in [0.15, 0.2) is 0 Å². The van der Waals surface area contributed by atoms with E-state index in [1.807, 2.05) is 30.3 Å². The molecule has 21 heavy (non-hydrogen) atoms. The minimum absolute atomic E-state index is 0.0540. The van der Waals surface area contributed by atoms with Gasteiger partial charge in [-0.25, -0.2) is 0 Å². The van der Waals surface area contributed by atoms with Gasteiger partial charge >= 0.3 is 5.97 Å². The van der Waals surface area contributed by atoms with Crippen LogP contribution in [0.2, 0.25) is 0 Å². The number of hydrogen-bond acceptors (Lipinski definition) is 4. The van der Waals surface area contributed by atoms with E-state index in [4.69, 9.17) is 9.63 Å². The molecule has 0 fully saturated rings. The van der Waals surface area contributed by atoms with Crippen LogP contribution in [0.25, 0.3) is 11.3 Å². The molecule has 0 aliphatic heterocycles. The maximum Gasteiger partial charge on any atom is 0.308 e. The van der Waals surface area contributed by atoms with Gasteiger partial charge in [0.1, 0.15) is 5.69 Å². The number of nitrogens with one attached hydrogen (secondary N) is 1. The predicted molar refractivity (Wildman–Crippen MR) is 75.7 cm³/mol. The van der Waals surface area contributed by atoms with E-state index in [9.17, 15) is 9.59 Å². The van der Waals surface area contributed by atoms with Crippen LogP contribution in [0.5, 0.6) is 0 Å². The van der Waals surface area contributed by atoms with E-state index in [1.165, 1.54) is 13.0 Å². The molecule has 6 heteroatoms. The van der Waals surface area contributed by atoms with Gasteiger partial charge in [0.05, 0.1) is 5.92 Å². The van der Waals surface area contributed by atoms with E-state index < -0.39 is 23.8 Å². The summed E-state index contributed by atoms with van der Waals surface area (Å²) in [6.45, 7) is 3.16. The number of carboxylic acid groups (broad SMARTS) is 1. The Morgan fingerprint density at radius 1 is 1.24 bits per heavy atom. The molecule has 1 heterocycles. The summed E-state index contributed by atoms with van der Waals surface area (Å²) in [5.74, 6) is -2.08. The Balaban J connectivity index is 2.08. The summed E-state index contributed by atoms with van der Waals surface area (Å²) >= 11 is 0. The highest BCUT2D eigenvalue weighted by atomic mass is 16.5. The van der Waals surface area contributed by atoms with Gasteiger partial charge in [0.2, 0.25) is 5.76 Å². The van der Waals surface area contributed by atoms with E-state index >= 15 is 0 Å². The SMILES string of the molecule is CC(NC(=O)c1cc(-c2ccccc2)no1)C(C)C(=O)O. The fourth-order valence-corrected chi connectivity index (χ4v) is 1.74. The molecule has 0 aliphatic rings. The molecule has 2 aromatic rings. The Morgan fingerprint density at radius 3 is 2.52 bits per heavy atom. The number of aromatic nitrogens is 1. The van der Waals surface area contributed by atoms with Gasteiger partial charge in [-0.15, -0.1) is 0 Å². The molecular formula is C15H16N2O4. The molecule has 1 aromatic heterocycles. The van der Waals surface area contributed by atoms with Gasteiger partial charge in [-0.05, 0) is 13.8 Å². The average Bonchev–Trinajstić information content (AvgIpc) is 2.97. The van der Waals surface area contributed by atoms with Crippen molar-refractivity contribution in [1.29, 1.82) is 0 Å². The number of carboxylic acids is 1. The molecule has 6 nitrogen and oxygen atoms in total. The number of nitrogens with zero attached hydrogens (tertiary/aromatic N) is 1. The lowest BCUT2D eigenvalue weighted by atomic mass is 10.0. The molecule has 2 N–H and O–H groups in total. The van der Waals surface area contributed by atoms with Gasteiger partial charge in [0, 0.05) is 17.7 Å². The fourth-order valence-electron chi connectivity index (χ4n) is 1.74. The summed E-state index contributed by atoms with van der Waals surface area (Å²) in [5, 5.41) is 15.3. The number of rotatable bonds is 5. The Bertz CT molecular complexity index is 636. The number of carbonyl (C=O) groups is 2. The standard InChI is InChI=1S/C15H16N2O4/c1-9(15(19)20)10(2)16-14(18)13-8-12(17-21-13)11-6-4-3-5-7-11/h3-10H,1-2H3,(H,16,18)(H,19,20). The number of amides is 1. The Kier molecular flexibility index (Phi) is 4.37. The van der Waals surface area contributed by atoms with Crippen LogP contribution >= 0.6 is 0 Å². The van der Waals surface area contributed by atoms with E-state index in [0.717, 1.165) is 5.56 Å². The number of carbonyl (C=O) groups excluding carboxylic acids is 1. The van der Waals surface area contributed by atoms with Crippen LogP contribution in [0.3, 0.4) is 0 Å². The van der Waals surface area contributed by atoms with Crippen molar-refractivity contribution in [1.82, 2.24) is 10.5 Å². The maximum absolute atomic E-state index is 12.0. The van der Waals surface area contributed by atoms with Crippen molar-refractivity contribution < 1.29 is 19.2 Å². The lowest BCUT2D eigenvalue weighted by Crippen LogP contribution is -2.39. The summed E-state index contributed by atoms with van der Waals surface area (Å²) in [4.78, 5) is 22.8. The van der Waals surface area contributed by atoms with Crippen LogP contribution in [-0.2, 0) is 4.79 Å². The van der Waals surface area contributed by atoms with Crippen LogP contribution in [-0.4, -0.2) is 28.2 Å².